The molecule has 2 rings (SSSR count). The molecule has 3 heteroatoms. The van der Waals surface area contributed by atoms with E-state index in [0.717, 1.165) is 10.6 Å². The molecule has 0 N–H and O–H groups in total. The smallest absolute Gasteiger partial charge is 0.0574 e. The Kier molecular flexibility index (Phi) is 3.20. The Labute approximate surface area is 100 Å². The van der Waals surface area contributed by atoms with Crippen molar-refractivity contribution in [1.82, 2.24) is 10.2 Å². The fourth-order valence-corrected chi connectivity index (χ4v) is 1.90. The highest BCUT2D eigenvalue weighted by molar-refractivity contribution is 6.30. The molecular weight excluding hydrogens is 220 g/mol. The summed E-state index contributed by atoms with van der Waals surface area (Å²) in [4.78, 5) is 0. The summed E-state index contributed by atoms with van der Waals surface area (Å²) in [5, 5.41) is 8.46. The van der Waals surface area contributed by atoms with E-state index < -0.39 is 0 Å². The lowest BCUT2D eigenvalue weighted by Gasteiger charge is -2.12. The molecule has 0 bridgehead atoms. The summed E-state index contributed by atoms with van der Waals surface area (Å²) in [6, 6.07) is 7.92. The molecule has 1 heterocycles. The van der Waals surface area contributed by atoms with Gasteiger partial charge in [0, 0.05) is 10.6 Å². The quantitative estimate of drug-likeness (QED) is 0.784. The molecule has 0 aliphatic heterocycles. The molecule has 0 unspecified atom stereocenters. The van der Waals surface area contributed by atoms with Crippen LogP contribution in [0, 0.1) is 0 Å². The SMILES string of the molecule is CC(C)c1cc(Cl)ccc1-c1ccnnc1. The third kappa shape index (κ3) is 2.22. The number of rotatable bonds is 2. The van der Waals surface area contributed by atoms with Gasteiger partial charge in [-0.1, -0.05) is 31.5 Å². The van der Waals surface area contributed by atoms with Crippen molar-refractivity contribution >= 4 is 11.6 Å². The van der Waals surface area contributed by atoms with E-state index in [1.165, 1.54) is 11.1 Å². The summed E-state index contributed by atoms with van der Waals surface area (Å²) in [5.41, 5.74) is 3.49. The van der Waals surface area contributed by atoms with Crippen molar-refractivity contribution in [2.75, 3.05) is 0 Å². The van der Waals surface area contributed by atoms with Crippen LogP contribution in [0.15, 0.2) is 36.7 Å². The maximum Gasteiger partial charge on any atom is 0.0574 e. The number of nitrogens with zero attached hydrogens (tertiary/aromatic N) is 2. The fraction of sp³-hybridized carbons (Fsp3) is 0.231. The molecule has 82 valence electrons. The van der Waals surface area contributed by atoms with E-state index in [-0.39, 0.29) is 0 Å². The van der Waals surface area contributed by atoms with Crippen LogP contribution in [0.5, 0.6) is 0 Å². The van der Waals surface area contributed by atoms with E-state index in [2.05, 4.69) is 24.0 Å². The molecule has 2 aromatic rings. The van der Waals surface area contributed by atoms with Crippen LogP contribution in [0.2, 0.25) is 5.02 Å². The molecule has 1 aromatic carbocycles. The first kappa shape index (κ1) is 11.1. The van der Waals surface area contributed by atoms with Gasteiger partial charge in [0.05, 0.1) is 12.4 Å². The summed E-state index contributed by atoms with van der Waals surface area (Å²) in [7, 11) is 0. The van der Waals surface area contributed by atoms with E-state index >= 15 is 0 Å². The Morgan fingerprint density at radius 3 is 2.56 bits per heavy atom. The van der Waals surface area contributed by atoms with Crippen molar-refractivity contribution in [3.8, 4) is 11.1 Å². The molecule has 0 aliphatic carbocycles. The van der Waals surface area contributed by atoms with E-state index in [4.69, 9.17) is 11.6 Å². The molecular formula is C13H13ClN2. The van der Waals surface area contributed by atoms with Crippen molar-refractivity contribution in [2.45, 2.75) is 19.8 Å². The van der Waals surface area contributed by atoms with Crippen LogP contribution >= 0.6 is 11.6 Å². The highest BCUT2D eigenvalue weighted by atomic mass is 35.5. The molecule has 0 atom stereocenters. The molecule has 0 aliphatic rings. The van der Waals surface area contributed by atoms with Crippen LogP contribution in [0.1, 0.15) is 25.3 Å². The van der Waals surface area contributed by atoms with Gasteiger partial charge in [0.1, 0.15) is 0 Å². The minimum atomic E-state index is 0.432. The maximum atomic E-state index is 6.02. The third-order valence-electron chi connectivity index (χ3n) is 2.53. The van der Waals surface area contributed by atoms with E-state index in [1.54, 1.807) is 12.4 Å². The largest absolute Gasteiger partial charge is 0.159 e. The van der Waals surface area contributed by atoms with Crippen LogP contribution in [0.25, 0.3) is 11.1 Å². The highest BCUT2D eigenvalue weighted by Gasteiger charge is 2.09. The van der Waals surface area contributed by atoms with E-state index in [9.17, 15) is 0 Å². The maximum absolute atomic E-state index is 6.02. The fourth-order valence-electron chi connectivity index (χ4n) is 1.72. The van der Waals surface area contributed by atoms with Crippen molar-refractivity contribution < 1.29 is 0 Å². The normalized spacial score (nSPS) is 10.8. The lowest BCUT2D eigenvalue weighted by atomic mass is 9.94. The van der Waals surface area contributed by atoms with Crippen molar-refractivity contribution in [3.05, 3.63) is 47.2 Å². The zero-order chi connectivity index (χ0) is 11.5. The van der Waals surface area contributed by atoms with Crippen LogP contribution in [-0.2, 0) is 0 Å². The second-order valence-electron chi connectivity index (χ2n) is 4.02. The Bertz CT molecular complexity index is 481. The first-order valence-electron chi connectivity index (χ1n) is 5.25. The van der Waals surface area contributed by atoms with Gasteiger partial charge in [-0.05, 0) is 35.2 Å². The standard InChI is InChI=1S/C13H13ClN2/c1-9(2)13-7-11(14)3-4-12(13)10-5-6-15-16-8-10/h3-9H,1-2H3. The predicted octanol–water partition coefficient (Wildman–Crippen LogP) is 3.92. The predicted molar refractivity (Wildman–Crippen MR) is 66.6 cm³/mol. The molecule has 2 nitrogen and oxygen atoms in total. The molecule has 16 heavy (non-hydrogen) atoms. The minimum Gasteiger partial charge on any atom is -0.159 e. The Morgan fingerprint density at radius 2 is 1.94 bits per heavy atom. The number of hydrogen-bond acceptors (Lipinski definition) is 2. The van der Waals surface area contributed by atoms with Gasteiger partial charge in [0.25, 0.3) is 0 Å². The molecule has 0 radical (unpaired) electrons. The van der Waals surface area contributed by atoms with Gasteiger partial charge >= 0.3 is 0 Å². The summed E-state index contributed by atoms with van der Waals surface area (Å²) in [6.07, 6.45) is 3.48. The van der Waals surface area contributed by atoms with Crippen molar-refractivity contribution in [1.29, 1.82) is 0 Å². The molecule has 0 saturated heterocycles. The first-order valence-corrected chi connectivity index (χ1v) is 5.63. The number of benzene rings is 1. The third-order valence-corrected chi connectivity index (χ3v) is 2.77. The van der Waals surface area contributed by atoms with Gasteiger partial charge in [-0.3, -0.25) is 0 Å². The van der Waals surface area contributed by atoms with Gasteiger partial charge in [-0.25, -0.2) is 0 Å². The van der Waals surface area contributed by atoms with Crippen molar-refractivity contribution in [2.24, 2.45) is 0 Å². The summed E-state index contributed by atoms with van der Waals surface area (Å²) >= 11 is 6.02. The average molecular weight is 233 g/mol. The van der Waals surface area contributed by atoms with Gasteiger partial charge in [0.15, 0.2) is 0 Å². The Hall–Kier alpha value is -1.41. The summed E-state index contributed by atoms with van der Waals surface area (Å²) in [5.74, 6) is 0.432. The second kappa shape index (κ2) is 4.62. The second-order valence-corrected chi connectivity index (χ2v) is 4.45. The summed E-state index contributed by atoms with van der Waals surface area (Å²) < 4.78 is 0. The monoisotopic (exact) mass is 232 g/mol. The Morgan fingerprint density at radius 1 is 1.12 bits per heavy atom. The van der Waals surface area contributed by atoms with Crippen molar-refractivity contribution in [3.63, 3.8) is 0 Å². The van der Waals surface area contributed by atoms with Gasteiger partial charge in [0.2, 0.25) is 0 Å². The number of hydrogen-bond donors (Lipinski definition) is 0. The number of aromatic nitrogens is 2. The zero-order valence-corrected chi connectivity index (χ0v) is 10.1. The topological polar surface area (TPSA) is 25.8 Å². The Balaban J connectivity index is 2.57. The van der Waals surface area contributed by atoms with Crippen LogP contribution in [0.4, 0.5) is 0 Å². The highest BCUT2D eigenvalue weighted by Crippen LogP contribution is 2.30. The molecule has 0 spiro atoms. The molecule has 0 fully saturated rings. The van der Waals surface area contributed by atoms with Gasteiger partial charge in [-0.2, -0.15) is 10.2 Å². The van der Waals surface area contributed by atoms with Gasteiger partial charge < -0.3 is 0 Å². The van der Waals surface area contributed by atoms with Crippen LogP contribution in [0.3, 0.4) is 0 Å². The average Bonchev–Trinajstić information content (AvgIpc) is 2.30. The summed E-state index contributed by atoms with van der Waals surface area (Å²) in [6.45, 7) is 4.31. The molecule has 0 amide bonds. The van der Waals surface area contributed by atoms with E-state index in [1.807, 2.05) is 24.3 Å². The molecule has 0 saturated carbocycles. The van der Waals surface area contributed by atoms with Crippen LogP contribution in [-0.4, -0.2) is 10.2 Å². The molecule has 1 aromatic heterocycles. The zero-order valence-electron chi connectivity index (χ0n) is 9.31. The minimum absolute atomic E-state index is 0.432. The lowest BCUT2D eigenvalue weighted by Crippen LogP contribution is -1.93. The van der Waals surface area contributed by atoms with Crippen LogP contribution < -0.4 is 0 Å². The lowest BCUT2D eigenvalue weighted by molar-refractivity contribution is 0.868. The number of halogens is 1. The van der Waals surface area contributed by atoms with Gasteiger partial charge in [-0.15, -0.1) is 0 Å². The van der Waals surface area contributed by atoms with E-state index in [0.29, 0.717) is 5.92 Å². The first-order chi connectivity index (χ1) is 7.68.